The highest BCUT2D eigenvalue weighted by Gasteiger charge is 2.26. The fourth-order valence-corrected chi connectivity index (χ4v) is 1.43. The monoisotopic (exact) mass is 219 g/mol. The molecule has 15 heavy (non-hydrogen) atoms. The van der Waals surface area contributed by atoms with Gasteiger partial charge in [-0.1, -0.05) is 13.8 Å². The Labute approximate surface area is 92.3 Å². The number of hydrogen-bond donors (Lipinski definition) is 4. The molecule has 0 fully saturated rings. The van der Waals surface area contributed by atoms with Gasteiger partial charge in [0.25, 0.3) is 0 Å². The van der Waals surface area contributed by atoms with Crippen LogP contribution in [0.3, 0.4) is 0 Å². The highest BCUT2D eigenvalue weighted by molar-refractivity contribution is 4.81. The molecule has 0 aliphatic carbocycles. The third kappa shape index (κ3) is 4.93. The van der Waals surface area contributed by atoms with Crippen molar-refractivity contribution < 1.29 is 15.3 Å². The first-order chi connectivity index (χ1) is 6.95. The quantitative estimate of drug-likeness (QED) is 0.468. The first kappa shape index (κ1) is 14.8. The Hall–Kier alpha value is -0.160. The number of rotatable bonds is 8. The van der Waals surface area contributed by atoms with Gasteiger partial charge in [-0.3, -0.25) is 0 Å². The van der Waals surface area contributed by atoms with Crippen LogP contribution in [-0.4, -0.2) is 47.2 Å². The van der Waals surface area contributed by atoms with Crippen molar-refractivity contribution in [1.29, 1.82) is 0 Å². The van der Waals surface area contributed by atoms with E-state index in [-0.39, 0.29) is 18.6 Å². The second-order valence-electron chi connectivity index (χ2n) is 4.62. The molecule has 0 rings (SSSR count). The first-order valence-electron chi connectivity index (χ1n) is 5.60. The summed E-state index contributed by atoms with van der Waals surface area (Å²) in [5, 5.41) is 30.8. The Balaban J connectivity index is 4.02. The molecule has 0 amide bonds. The largest absolute Gasteiger partial charge is 0.396 e. The third-order valence-corrected chi connectivity index (χ3v) is 3.18. The van der Waals surface area contributed by atoms with Crippen molar-refractivity contribution in [3.05, 3.63) is 0 Å². The van der Waals surface area contributed by atoms with Crippen LogP contribution in [0.4, 0.5) is 0 Å². The summed E-state index contributed by atoms with van der Waals surface area (Å²) in [6.07, 6.45) is 1.79. The lowest BCUT2D eigenvalue weighted by Crippen LogP contribution is -2.45. The highest BCUT2D eigenvalue weighted by atomic mass is 16.3. The second-order valence-corrected chi connectivity index (χ2v) is 4.62. The van der Waals surface area contributed by atoms with Crippen molar-refractivity contribution in [3.8, 4) is 0 Å². The molecule has 0 aliphatic heterocycles. The Morgan fingerprint density at radius 2 is 1.53 bits per heavy atom. The van der Waals surface area contributed by atoms with Crippen molar-refractivity contribution in [2.45, 2.75) is 39.2 Å². The fourth-order valence-electron chi connectivity index (χ4n) is 1.43. The predicted octanol–water partition coefficient (Wildman–Crippen LogP) is 0.118. The number of nitrogens with one attached hydrogen (secondary N) is 1. The molecule has 1 atom stereocenters. The van der Waals surface area contributed by atoms with Crippen LogP contribution in [0, 0.1) is 5.41 Å². The molecular weight excluding hydrogens is 194 g/mol. The zero-order chi connectivity index (χ0) is 11.9. The summed E-state index contributed by atoms with van der Waals surface area (Å²) < 4.78 is 0. The minimum absolute atomic E-state index is 0.106. The second kappa shape index (κ2) is 6.43. The zero-order valence-corrected chi connectivity index (χ0v) is 10.1. The van der Waals surface area contributed by atoms with E-state index < -0.39 is 5.60 Å². The Morgan fingerprint density at radius 1 is 1.00 bits per heavy atom. The molecule has 0 saturated heterocycles. The minimum atomic E-state index is -1.08. The van der Waals surface area contributed by atoms with Gasteiger partial charge in [0.15, 0.2) is 0 Å². The lowest BCUT2D eigenvalue weighted by atomic mass is 9.83. The maximum Gasteiger partial charge on any atom is 0.0972 e. The molecule has 92 valence electrons. The summed E-state index contributed by atoms with van der Waals surface area (Å²) in [6, 6.07) is 0. The van der Waals surface area contributed by atoms with Crippen molar-refractivity contribution >= 4 is 0 Å². The van der Waals surface area contributed by atoms with Gasteiger partial charge >= 0.3 is 0 Å². The van der Waals surface area contributed by atoms with E-state index in [0.717, 1.165) is 12.8 Å². The molecule has 0 aliphatic rings. The van der Waals surface area contributed by atoms with Gasteiger partial charge in [0.2, 0.25) is 0 Å². The van der Waals surface area contributed by atoms with E-state index in [1.807, 2.05) is 13.8 Å². The molecule has 0 saturated carbocycles. The van der Waals surface area contributed by atoms with E-state index in [1.54, 1.807) is 6.92 Å². The van der Waals surface area contributed by atoms with Crippen molar-refractivity contribution in [2.75, 3.05) is 26.3 Å². The fraction of sp³-hybridized carbons (Fsp3) is 1.00. The Kier molecular flexibility index (Phi) is 6.36. The number of hydrogen-bond acceptors (Lipinski definition) is 4. The molecule has 0 bridgehead atoms. The SMILES string of the molecule is CCC(CC)(CO)CNCC(C)(O)CO. The molecule has 0 aromatic rings. The average Bonchev–Trinajstić information content (AvgIpc) is 2.25. The summed E-state index contributed by atoms with van der Waals surface area (Å²) in [6.45, 7) is 6.56. The van der Waals surface area contributed by atoms with Crippen LogP contribution in [0.25, 0.3) is 0 Å². The molecule has 0 aromatic carbocycles. The van der Waals surface area contributed by atoms with E-state index in [0.29, 0.717) is 13.1 Å². The summed E-state index contributed by atoms with van der Waals surface area (Å²) in [4.78, 5) is 0. The smallest absolute Gasteiger partial charge is 0.0972 e. The molecule has 0 aromatic heterocycles. The van der Waals surface area contributed by atoms with Gasteiger partial charge in [-0.15, -0.1) is 0 Å². The van der Waals surface area contributed by atoms with E-state index >= 15 is 0 Å². The summed E-state index contributed by atoms with van der Waals surface area (Å²) in [7, 11) is 0. The standard InChI is InChI=1S/C11H25NO3/c1-4-11(5-2,9-14)7-12-6-10(3,15)8-13/h12-15H,4-9H2,1-3H3. The van der Waals surface area contributed by atoms with Crippen molar-refractivity contribution in [2.24, 2.45) is 5.41 Å². The lowest BCUT2D eigenvalue weighted by molar-refractivity contribution is -0.00120. The van der Waals surface area contributed by atoms with Crippen molar-refractivity contribution in [1.82, 2.24) is 5.32 Å². The third-order valence-electron chi connectivity index (χ3n) is 3.18. The molecule has 4 nitrogen and oxygen atoms in total. The molecule has 0 radical (unpaired) electrons. The van der Waals surface area contributed by atoms with Gasteiger partial charge in [-0.25, -0.2) is 0 Å². The van der Waals surface area contributed by atoms with Crippen LogP contribution in [0.15, 0.2) is 0 Å². The number of aliphatic hydroxyl groups excluding tert-OH is 2. The lowest BCUT2D eigenvalue weighted by Gasteiger charge is -2.31. The Morgan fingerprint density at radius 3 is 1.87 bits per heavy atom. The van der Waals surface area contributed by atoms with Gasteiger partial charge in [0.1, 0.15) is 0 Å². The van der Waals surface area contributed by atoms with Gasteiger partial charge in [-0.2, -0.15) is 0 Å². The van der Waals surface area contributed by atoms with E-state index in [4.69, 9.17) is 5.11 Å². The van der Waals surface area contributed by atoms with Gasteiger partial charge in [0.05, 0.1) is 12.2 Å². The van der Waals surface area contributed by atoms with Crippen LogP contribution in [0.5, 0.6) is 0 Å². The maximum atomic E-state index is 9.56. The molecule has 1 unspecified atom stereocenters. The van der Waals surface area contributed by atoms with Gasteiger partial charge in [-0.05, 0) is 19.8 Å². The van der Waals surface area contributed by atoms with Gasteiger partial charge < -0.3 is 20.6 Å². The summed E-state index contributed by atoms with van der Waals surface area (Å²) >= 11 is 0. The Bertz CT molecular complexity index is 159. The predicted molar refractivity (Wildman–Crippen MR) is 60.7 cm³/mol. The van der Waals surface area contributed by atoms with E-state index in [2.05, 4.69) is 5.32 Å². The molecular formula is C11H25NO3. The summed E-state index contributed by atoms with van der Waals surface area (Å²) in [5.74, 6) is 0. The van der Waals surface area contributed by atoms with E-state index in [1.165, 1.54) is 0 Å². The maximum absolute atomic E-state index is 9.56. The first-order valence-corrected chi connectivity index (χ1v) is 5.60. The normalized spacial score (nSPS) is 16.4. The van der Waals surface area contributed by atoms with E-state index in [9.17, 15) is 10.2 Å². The van der Waals surface area contributed by atoms with Gasteiger partial charge in [0, 0.05) is 25.1 Å². The summed E-state index contributed by atoms with van der Waals surface area (Å²) in [5.41, 5.74) is -1.19. The molecule has 0 heterocycles. The highest BCUT2D eigenvalue weighted by Crippen LogP contribution is 2.24. The molecule has 0 spiro atoms. The average molecular weight is 219 g/mol. The molecule has 4 N–H and O–H groups in total. The van der Waals surface area contributed by atoms with Crippen molar-refractivity contribution in [3.63, 3.8) is 0 Å². The molecule has 4 heteroatoms. The van der Waals surface area contributed by atoms with Crippen LogP contribution in [0.2, 0.25) is 0 Å². The topological polar surface area (TPSA) is 72.7 Å². The number of aliphatic hydroxyl groups is 3. The van der Waals surface area contributed by atoms with Crippen LogP contribution < -0.4 is 5.32 Å². The van der Waals surface area contributed by atoms with Crippen LogP contribution in [-0.2, 0) is 0 Å². The minimum Gasteiger partial charge on any atom is -0.396 e. The van der Waals surface area contributed by atoms with Crippen LogP contribution >= 0.6 is 0 Å². The zero-order valence-electron chi connectivity index (χ0n) is 10.1. The van der Waals surface area contributed by atoms with Crippen LogP contribution in [0.1, 0.15) is 33.6 Å².